The van der Waals surface area contributed by atoms with Gasteiger partial charge in [-0.15, -0.1) is 0 Å². The van der Waals surface area contributed by atoms with Gasteiger partial charge in [-0.2, -0.15) is 0 Å². The smallest absolute Gasteiger partial charge is 0.253 e. The fourth-order valence-electron chi connectivity index (χ4n) is 6.79. The number of anilines is 1. The summed E-state index contributed by atoms with van der Waals surface area (Å²) in [6.07, 6.45) is 7.50. The molecule has 0 saturated carbocycles. The van der Waals surface area contributed by atoms with E-state index in [0.717, 1.165) is 16.8 Å². The predicted octanol–water partition coefficient (Wildman–Crippen LogP) is 2.22. The largest absolute Gasteiger partial charge is 0.394 e. The van der Waals surface area contributed by atoms with Gasteiger partial charge < -0.3 is 24.5 Å². The van der Waals surface area contributed by atoms with Gasteiger partial charge in [0.2, 0.25) is 11.8 Å². The lowest BCUT2D eigenvalue weighted by Gasteiger charge is -2.41. The van der Waals surface area contributed by atoms with Crippen LogP contribution in [0.1, 0.15) is 31.9 Å². The summed E-state index contributed by atoms with van der Waals surface area (Å²) in [4.78, 5) is 47.5. The Kier molecular flexibility index (Phi) is 6.11. The van der Waals surface area contributed by atoms with Gasteiger partial charge >= 0.3 is 0 Å². The first-order valence-electron chi connectivity index (χ1n) is 13.1. The van der Waals surface area contributed by atoms with Crippen molar-refractivity contribution >= 4 is 23.4 Å². The van der Waals surface area contributed by atoms with Gasteiger partial charge in [0, 0.05) is 25.8 Å². The van der Waals surface area contributed by atoms with Gasteiger partial charge in [-0.05, 0) is 43.9 Å². The minimum Gasteiger partial charge on any atom is -0.394 e. The molecule has 37 heavy (non-hydrogen) atoms. The lowest BCUT2D eigenvalue weighted by molar-refractivity contribution is -0.151. The Balaban J connectivity index is 1.71. The zero-order valence-electron chi connectivity index (χ0n) is 22.5. The number of likely N-dealkylation sites (tertiary alicyclic amines) is 1. The van der Waals surface area contributed by atoms with Gasteiger partial charge in [0.15, 0.2) is 0 Å². The molecule has 6 atom stereocenters. The van der Waals surface area contributed by atoms with Crippen LogP contribution in [0.15, 0.2) is 42.5 Å². The molecule has 2 fully saturated rings. The first-order chi connectivity index (χ1) is 17.5. The van der Waals surface area contributed by atoms with Crippen LogP contribution in [0.4, 0.5) is 5.69 Å². The lowest BCUT2D eigenvalue weighted by Crippen LogP contribution is -2.59. The highest BCUT2D eigenvalue weighted by Crippen LogP contribution is 2.58. The van der Waals surface area contributed by atoms with E-state index in [9.17, 15) is 19.5 Å². The maximum absolute atomic E-state index is 14.6. The van der Waals surface area contributed by atoms with E-state index in [1.807, 2.05) is 77.1 Å². The summed E-state index contributed by atoms with van der Waals surface area (Å²) in [5.74, 6) is -2.54. The SMILES string of the molecule is Cc1ccc(C)c(N2CC=C[C@]34O[C@@]5(C)C=CCN(C)C(=O)[C@H]5[C@H]3C(=O)N([C@@H](CO)C(C)C)C4C2=O)c1. The van der Waals surface area contributed by atoms with E-state index in [1.54, 1.807) is 16.8 Å². The standard InChI is InChI=1S/C29H37N3O5/c1-17(2)21(16-33)32-24-27(36)31(20-15-18(3)9-10-19(20)4)14-8-12-29(24)23(26(32)35)22-25(34)30(6)13-7-11-28(22,5)37-29/h7-12,15,17,21-24,33H,13-14,16H2,1-6H3/t21-,22+,23-,24?,28-,29-/m0/s1. The number of ether oxygens (including phenoxy) is 1. The number of aliphatic hydroxyl groups is 1. The summed E-state index contributed by atoms with van der Waals surface area (Å²) >= 11 is 0. The fourth-order valence-corrected chi connectivity index (χ4v) is 6.79. The van der Waals surface area contributed by atoms with Crippen LogP contribution in [0, 0.1) is 31.6 Å². The van der Waals surface area contributed by atoms with Crippen molar-refractivity contribution in [2.24, 2.45) is 17.8 Å². The van der Waals surface area contributed by atoms with E-state index >= 15 is 0 Å². The Morgan fingerprint density at radius 1 is 1.03 bits per heavy atom. The van der Waals surface area contributed by atoms with Crippen LogP contribution in [0.25, 0.3) is 0 Å². The molecule has 1 aromatic rings. The van der Waals surface area contributed by atoms with E-state index in [-0.39, 0.29) is 30.2 Å². The molecule has 1 spiro atoms. The van der Waals surface area contributed by atoms with Gasteiger partial charge in [-0.1, -0.05) is 50.3 Å². The highest BCUT2D eigenvalue weighted by molar-refractivity contribution is 6.06. The number of hydrogen-bond acceptors (Lipinski definition) is 5. The molecule has 4 aliphatic heterocycles. The Morgan fingerprint density at radius 3 is 2.41 bits per heavy atom. The maximum atomic E-state index is 14.6. The third kappa shape index (κ3) is 3.60. The number of fused-ring (bicyclic) bond motifs is 2. The number of aliphatic hydroxyl groups excluding tert-OH is 1. The molecule has 4 aliphatic rings. The number of aryl methyl sites for hydroxylation is 2. The van der Waals surface area contributed by atoms with Crippen LogP contribution < -0.4 is 4.90 Å². The van der Waals surface area contributed by atoms with Crippen molar-refractivity contribution in [3.8, 4) is 0 Å². The first-order valence-corrected chi connectivity index (χ1v) is 13.1. The monoisotopic (exact) mass is 507 g/mol. The zero-order valence-corrected chi connectivity index (χ0v) is 22.5. The minimum absolute atomic E-state index is 0.113. The number of carbonyl (C=O) groups excluding carboxylic acids is 3. The summed E-state index contributed by atoms with van der Waals surface area (Å²) in [5.41, 5.74) is 0.373. The molecule has 0 bridgehead atoms. The first kappa shape index (κ1) is 25.7. The van der Waals surface area contributed by atoms with Crippen molar-refractivity contribution in [1.82, 2.24) is 9.80 Å². The van der Waals surface area contributed by atoms with Crippen LogP contribution in [0.3, 0.4) is 0 Å². The number of nitrogens with zero attached hydrogens (tertiary/aromatic N) is 3. The van der Waals surface area contributed by atoms with E-state index in [1.165, 1.54) is 4.90 Å². The molecule has 2 saturated heterocycles. The molecular formula is C29H37N3O5. The second-order valence-corrected chi connectivity index (χ2v) is 11.5. The van der Waals surface area contributed by atoms with Crippen molar-refractivity contribution in [2.45, 2.75) is 57.9 Å². The van der Waals surface area contributed by atoms with Crippen molar-refractivity contribution < 1.29 is 24.2 Å². The number of rotatable bonds is 4. The Hall–Kier alpha value is -2.97. The van der Waals surface area contributed by atoms with E-state index in [2.05, 4.69) is 0 Å². The highest BCUT2D eigenvalue weighted by Gasteiger charge is 2.75. The Morgan fingerprint density at radius 2 is 1.73 bits per heavy atom. The summed E-state index contributed by atoms with van der Waals surface area (Å²) in [6.45, 7) is 10.1. The second-order valence-electron chi connectivity index (χ2n) is 11.5. The van der Waals surface area contributed by atoms with Gasteiger partial charge in [0.1, 0.15) is 11.6 Å². The number of likely N-dealkylation sites (N-methyl/N-ethyl adjacent to an activating group) is 1. The van der Waals surface area contributed by atoms with Crippen molar-refractivity contribution in [1.29, 1.82) is 0 Å². The Bertz CT molecular complexity index is 1210. The quantitative estimate of drug-likeness (QED) is 0.632. The van der Waals surface area contributed by atoms with Gasteiger partial charge in [-0.3, -0.25) is 14.4 Å². The molecule has 0 radical (unpaired) electrons. The summed E-state index contributed by atoms with van der Waals surface area (Å²) < 4.78 is 6.82. The molecule has 0 aliphatic carbocycles. The molecule has 1 unspecified atom stereocenters. The molecule has 5 rings (SSSR count). The minimum atomic E-state index is -1.33. The van der Waals surface area contributed by atoms with E-state index < -0.39 is 35.1 Å². The molecule has 4 heterocycles. The molecular weight excluding hydrogens is 470 g/mol. The van der Waals surface area contributed by atoms with Crippen LogP contribution in [0.5, 0.6) is 0 Å². The van der Waals surface area contributed by atoms with Crippen LogP contribution in [-0.2, 0) is 19.1 Å². The molecule has 8 heteroatoms. The van der Waals surface area contributed by atoms with Crippen molar-refractivity contribution in [3.05, 3.63) is 53.6 Å². The molecule has 0 aromatic heterocycles. The topological polar surface area (TPSA) is 90.4 Å². The van der Waals surface area contributed by atoms with Crippen LogP contribution in [-0.4, -0.2) is 82.7 Å². The molecule has 198 valence electrons. The molecule has 3 amide bonds. The van der Waals surface area contributed by atoms with Gasteiger partial charge in [-0.25, -0.2) is 0 Å². The second kappa shape index (κ2) is 8.81. The van der Waals surface area contributed by atoms with Crippen LogP contribution in [0.2, 0.25) is 0 Å². The lowest BCUT2D eigenvalue weighted by atomic mass is 9.74. The summed E-state index contributed by atoms with van der Waals surface area (Å²) in [5, 5.41) is 10.4. The number of amides is 3. The summed E-state index contributed by atoms with van der Waals surface area (Å²) in [6, 6.07) is 4.35. The molecule has 8 nitrogen and oxygen atoms in total. The number of hydrogen-bond donors (Lipinski definition) is 1. The van der Waals surface area contributed by atoms with Crippen molar-refractivity contribution in [3.63, 3.8) is 0 Å². The number of carbonyl (C=O) groups is 3. The maximum Gasteiger partial charge on any atom is 0.253 e. The zero-order chi connectivity index (χ0) is 26.9. The average molecular weight is 508 g/mol. The van der Waals surface area contributed by atoms with Crippen LogP contribution >= 0.6 is 0 Å². The van der Waals surface area contributed by atoms with E-state index in [0.29, 0.717) is 13.1 Å². The third-order valence-electron chi connectivity index (χ3n) is 8.67. The molecule has 1 N–H and O–H groups in total. The van der Waals surface area contributed by atoms with E-state index in [4.69, 9.17) is 4.74 Å². The fraction of sp³-hybridized carbons (Fsp3) is 0.552. The predicted molar refractivity (Wildman–Crippen MR) is 140 cm³/mol. The highest BCUT2D eigenvalue weighted by atomic mass is 16.5. The Labute approximate surface area is 218 Å². The van der Waals surface area contributed by atoms with Gasteiger partial charge in [0.05, 0.1) is 30.1 Å². The molecule has 1 aromatic carbocycles. The third-order valence-corrected chi connectivity index (χ3v) is 8.67. The normalized spacial score (nSPS) is 34.0. The van der Waals surface area contributed by atoms with Gasteiger partial charge in [0.25, 0.3) is 5.91 Å². The summed E-state index contributed by atoms with van der Waals surface area (Å²) in [7, 11) is 1.72. The number of benzene rings is 1. The average Bonchev–Trinajstić information content (AvgIpc) is 3.11. The van der Waals surface area contributed by atoms with Crippen molar-refractivity contribution in [2.75, 3.05) is 31.6 Å².